The first-order chi connectivity index (χ1) is 16.2. The lowest BCUT2D eigenvalue weighted by Gasteiger charge is -2.14. The Hall–Kier alpha value is -3.79. The monoisotopic (exact) mass is 485 g/mol. The Kier molecular flexibility index (Phi) is 6.09. The third kappa shape index (κ3) is 3.79. The van der Waals surface area contributed by atoms with Crippen molar-refractivity contribution in [1.82, 2.24) is 9.13 Å². The van der Waals surface area contributed by atoms with Crippen molar-refractivity contribution in [3.63, 3.8) is 0 Å². The van der Waals surface area contributed by atoms with E-state index < -0.39 is 32.9 Å². The van der Waals surface area contributed by atoms with Gasteiger partial charge in [0.25, 0.3) is 5.91 Å². The normalized spacial score (nSPS) is 11.6. The van der Waals surface area contributed by atoms with Gasteiger partial charge in [-0.3, -0.25) is 13.9 Å². The first kappa shape index (κ1) is 23.4. The largest absolute Gasteiger partial charge is 0.329 e. The fourth-order valence-electron chi connectivity index (χ4n) is 3.90. The summed E-state index contributed by atoms with van der Waals surface area (Å²) in [4.78, 5) is 25.3. The molecular weight excluding hydrogens is 464 g/mol. The quantitative estimate of drug-likeness (QED) is 0.443. The zero-order chi connectivity index (χ0) is 24.6. The molecule has 1 amide bonds. The summed E-state index contributed by atoms with van der Waals surface area (Å²) in [6.07, 6.45) is 0. The second-order valence-corrected chi connectivity index (χ2v) is 9.39. The number of rotatable bonds is 6. The van der Waals surface area contributed by atoms with Crippen LogP contribution in [0.15, 0.2) is 75.2 Å². The van der Waals surface area contributed by atoms with Gasteiger partial charge in [0, 0.05) is 13.1 Å². The van der Waals surface area contributed by atoms with E-state index in [4.69, 9.17) is 0 Å². The lowest BCUT2D eigenvalue weighted by Crippen LogP contribution is -2.23. The van der Waals surface area contributed by atoms with Crippen LogP contribution in [-0.2, 0) is 22.9 Å². The van der Waals surface area contributed by atoms with Crippen molar-refractivity contribution in [2.75, 3.05) is 5.32 Å². The molecule has 0 unspecified atom stereocenters. The number of sulfone groups is 1. The number of aryl methyl sites for hydroxylation is 2. The second-order valence-electron chi connectivity index (χ2n) is 7.48. The van der Waals surface area contributed by atoms with Gasteiger partial charge in [0.15, 0.2) is 0 Å². The van der Waals surface area contributed by atoms with E-state index in [1.165, 1.54) is 33.4 Å². The molecule has 1 N–H and O–H groups in total. The lowest BCUT2D eigenvalue weighted by atomic mass is 10.1. The van der Waals surface area contributed by atoms with Crippen molar-refractivity contribution >= 4 is 32.5 Å². The van der Waals surface area contributed by atoms with Crippen LogP contribution in [0.5, 0.6) is 0 Å². The molecule has 4 aromatic rings. The topological polar surface area (TPSA) is 90.2 Å². The number of halogens is 2. The molecule has 4 rings (SSSR count). The Bertz CT molecular complexity index is 1560. The number of carbonyl (C=O) groups excluding carboxylic acids is 1. The second kappa shape index (κ2) is 8.86. The van der Waals surface area contributed by atoms with E-state index in [0.29, 0.717) is 24.1 Å². The summed E-state index contributed by atoms with van der Waals surface area (Å²) in [5.41, 5.74) is -0.639. The molecule has 0 fully saturated rings. The Morgan fingerprint density at radius 2 is 1.44 bits per heavy atom. The molecule has 10 heteroatoms. The molecule has 7 nitrogen and oxygen atoms in total. The van der Waals surface area contributed by atoms with Crippen molar-refractivity contribution in [2.45, 2.75) is 36.7 Å². The summed E-state index contributed by atoms with van der Waals surface area (Å²) in [7, 11) is -4.17. The third-order valence-corrected chi connectivity index (χ3v) is 7.34. The van der Waals surface area contributed by atoms with Crippen molar-refractivity contribution in [3.8, 4) is 0 Å². The molecule has 0 aliphatic heterocycles. The number of nitrogens with zero attached hydrogens (tertiary/aromatic N) is 2. The van der Waals surface area contributed by atoms with Crippen LogP contribution in [0.4, 0.5) is 14.5 Å². The number of imidazole rings is 1. The van der Waals surface area contributed by atoms with Gasteiger partial charge in [-0.25, -0.2) is 22.0 Å². The summed E-state index contributed by atoms with van der Waals surface area (Å²) >= 11 is 0. The van der Waals surface area contributed by atoms with Crippen molar-refractivity contribution in [3.05, 3.63) is 88.3 Å². The van der Waals surface area contributed by atoms with E-state index in [9.17, 15) is 26.8 Å². The van der Waals surface area contributed by atoms with Gasteiger partial charge in [0.05, 0.1) is 26.5 Å². The molecule has 0 aliphatic rings. The van der Waals surface area contributed by atoms with E-state index in [2.05, 4.69) is 5.32 Å². The Morgan fingerprint density at radius 3 is 2.00 bits per heavy atom. The van der Waals surface area contributed by atoms with Crippen molar-refractivity contribution < 1.29 is 22.0 Å². The summed E-state index contributed by atoms with van der Waals surface area (Å²) in [5.74, 6) is -3.33. The Labute approximate surface area is 194 Å². The molecule has 1 heterocycles. The van der Waals surface area contributed by atoms with E-state index in [1.54, 1.807) is 32.0 Å². The molecule has 0 atom stereocenters. The lowest BCUT2D eigenvalue weighted by molar-refractivity contribution is 0.101. The summed E-state index contributed by atoms with van der Waals surface area (Å²) in [6, 6.07) is 13.2. The molecule has 0 saturated heterocycles. The fraction of sp³-hybridized carbons (Fsp3) is 0.167. The number of fused-ring (bicyclic) bond motifs is 1. The maximum absolute atomic E-state index is 14.2. The first-order valence-corrected chi connectivity index (χ1v) is 12.0. The fourth-order valence-corrected chi connectivity index (χ4v) is 5.33. The minimum Gasteiger partial charge on any atom is -0.321 e. The molecule has 34 heavy (non-hydrogen) atoms. The zero-order valence-electron chi connectivity index (χ0n) is 18.4. The van der Waals surface area contributed by atoms with Crippen LogP contribution in [0.1, 0.15) is 24.2 Å². The van der Waals surface area contributed by atoms with E-state index in [0.717, 1.165) is 18.2 Å². The molecule has 0 spiro atoms. The summed E-state index contributed by atoms with van der Waals surface area (Å²) < 4.78 is 58.3. The van der Waals surface area contributed by atoms with Gasteiger partial charge >= 0.3 is 5.69 Å². The highest BCUT2D eigenvalue weighted by Gasteiger charge is 2.27. The van der Waals surface area contributed by atoms with Gasteiger partial charge in [-0.05, 0) is 50.2 Å². The van der Waals surface area contributed by atoms with Gasteiger partial charge in [-0.2, -0.15) is 0 Å². The smallest absolute Gasteiger partial charge is 0.321 e. The van der Waals surface area contributed by atoms with Gasteiger partial charge in [0.1, 0.15) is 17.2 Å². The number of benzene rings is 3. The standard InChI is InChI=1S/C24H21F2N3O4S/c1-3-28-19-13-18(27-23(30)22-16(25)11-8-12-17(22)26)21(14-20(19)29(4-2)24(28)31)34(32,33)15-9-6-5-7-10-15/h5-14H,3-4H2,1-2H3,(H,27,30). The van der Waals surface area contributed by atoms with E-state index >= 15 is 0 Å². The third-order valence-electron chi connectivity index (χ3n) is 5.53. The highest BCUT2D eigenvalue weighted by molar-refractivity contribution is 7.91. The summed E-state index contributed by atoms with van der Waals surface area (Å²) in [6.45, 7) is 4.09. The van der Waals surface area contributed by atoms with Crippen LogP contribution >= 0.6 is 0 Å². The van der Waals surface area contributed by atoms with E-state index in [-0.39, 0.29) is 21.2 Å². The average Bonchev–Trinajstić information content (AvgIpc) is 3.08. The molecule has 0 bridgehead atoms. The molecule has 0 saturated carbocycles. The summed E-state index contributed by atoms with van der Waals surface area (Å²) in [5, 5.41) is 2.35. The minimum absolute atomic E-state index is 0.0396. The highest BCUT2D eigenvalue weighted by atomic mass is 32.2. The van der Waals surface area contributed by atoms with Crippen LogP contribution in [-0.4, -0.2) is 23.5 Å². The Morgan fingerprint density at radius 1 is 0.882 bits per heavy atom. The first-order valence-electron chi connectivity index (χ1n) is 10.5. The molecule has 1 aromatic heterocycles. The van der Waals surface area contributed by atoms with Crippen LogP contribution < -0.4 is 11.0 Å². The minimum atomic E-state index is -4.17. The molecule has 0 aliphatic carbocycles. The van der Waals surface area contributed by atoms with Crippen LogP contribution in [0, 0.1) is 11.6 Å². The maximum Gasteiger partial charge on any atom is 0.329 e. The number of anilines is 1. The molecule has 176 valence electrons. The number of hydrogen-bond donors (Lipinski definition) is 1. The predicted molar refractivity (Wildman–Crippen MR) is 124 cm³/mol. The number of aromatic nitrogens is 2. The SMILES string of the molecule is CCn1c(=O)n(CC)c2cc(S(=O)(=O)c3ccccc3)c(NC(=O)c3c(F)cccc3F)cc21. The molecule has 0 radical (unpaired) electrons. The van der Waals surface area contributed by atoms with Crippen LogP contribution in [0.25, 0.3) is 11.0 Å². The maximum atomic E-state index is 14.2. The van der Waals surface area contributed by atoms with Crippen LogP contribution in [0.3, 0.4) is 0 Å². The average molecular weight is 486 g/mol. The van der Waals surface area contributed by atoms with Gasteiger partial charge in [-0.1, -0.05) is 24.3 Å². The predicted octanol–water partition coefficient (Wildman–Crippen LogP) is 4.21. The van der Waals surface area contributed by atoms with Crippen LogP contribution in [0.2, 0.25) is 0 Å². The van der Waals surface area contributed by atoms with Crippen molar-refractivity contribution in [1.29, 1.82) is 0 Å². The van der Waals surface area contributed by atoms with E-state index in [1.807, 2.05) is 0 Å². The highest BCUT2D eigenvalue weighted by Crippen LogP contribution is 2.32. The molecule has 3 aromatic carbocycles. The number of nitrogens with one attached hydrogen (secondary N) is 1. The number of carbonyl (C=O) groups is 1. The van der Waals surface area contributed by atoms with Gasteiger partial charge in [-0.15, -0.1) is 0 Å². The zero-order valence-corrected chi connectivity index (χ0v) is 19.2. The van der Waals surface area contributed by atoms with Gasteiger partial charge in [0.2, 0.25) is 9.84 Å². The van der Waals surface area contributed by atoms with Gasteiger partial charge < -0.3 is 5.32 Å². The van der Waals surface area contributed by atoms with Crippen molar-refractivity contribution in [2.24, 2.45) is 0 Å². The number of hydrogen-bond acceptors (Lipinski definition) is 4. The molecular formula is C24H21F2N3O4S. The Balaban J connectivity index is 2.00. The number of amides is 1.